The minimum atomic E-state index is 0.0804. The molecule has 0 bridgehead atoms. The lowest BCUT2D eigenvalue weighted by Crippen LogP contribution is -2.01. The van der Waals surface area contributed by atoms with Crippen molar-refractivity contribution in [3.05, 3.63) is 51.2 Å². The van der Waals surface area contributed by atoms with Crippen LogP contribution in [-0.2, 0) is 12.8 Å². The van der Waals surface area contributed by atoms with Crippen molar-refractivity contribution in [2.75, 3.05) is 7.11 Å². The van der Waals surface area contributed by atoms with Gasteiger partial charge in [0.15, 0.2) is 0 Å². The summed E-state index contributed by atoms with van der Waals surface area (Å²) in [6.07, 6.45) is 4.73. The standard InChI is InChI=1S/C16H16O2S/c1-18-13-8-4-3-7-12(13)16(17)15-10-11-6-2-5-9-14(11)19-15/h3-4,7-8,10H,2,5-6,9H2,1H3. The van der Waals surface area contributed by atoms with Gasteiger partial charge >= 0.3 is 0 Å². The third-order valence-electron chi connectivity index (χ3n) is 3.57. The first-order chi connectivity index (χ1) is 9.29. The lowest BCUT2D eigenvalue weighted by molar-refractivity contribution is 0.103. The fourth-order valence-corrected chi connectivity index (χ4v) is 3.78. The zero-order valence-electron chi connectivity index (χ0n) is 10.9. The van der Waals surface area contributed by atoms with Crippen LogP contribution in [0.15, 0.2) is 30.3 Å². The molecule has 1 aromatic carbocycles. The van der Waals surface area contributed by atoms with E-state index >= 15 is 0 Å². The molecule has 0 saturated heterocycles. The summed E-state index contributed by atoms with van der Waals surface area (Å²) < 4.78 is 5.27. The fraction of sp³-hybridized carbons (Fsp3) is 0.312. The summed E-state index contributed by atoms with van der Waals surface area (Å²) in [5.41, 5.74) is 2.03. The minimum Gasteiger partial charge on any atom is -0.496 e. The Morgan fingerprint density at radius 1 is 1.21 bits per heavy atom. The van der Waals surface area contributed by atoms with Gasteiger partial charge in [-0.25, -0.2) is 0 Å². The number of para-hydroxylation sites is 1. The summed E-state index contributed by atoms with van der Waals surface area (Å²) in [5.74, 6) is 0.732. The Hall–Kier alpha value is -1.61. The average molecular weight is 272 g/mol. The van der Waals surface area contributed by atoms with E-state index in [1.807, 2.05) is 24.3 Å². The van der Waals surface area contributed by atoms with Gasteiger partial charge in [-0.3, -0.25) is 4.79 Å². The highest BCUT2D eigenvalue weighted by Gasteiger charge is 2.20. The van der Waals surface area contributed by atoms with E-state index in [9.17, 15) is 4.79 Å². The Morgan fingerprint density at radius 3 is 2.79 bits per heavy atom. The van der Waals surface area contributed by atoms with Crippen LogP contribution in [0.3, 0.4) is 0 Å². The molecule has 2 nitrogen and oxygen atoms in total. The summed E-state index contributed by atoms with van der Waals surface area (Å²) in [6.45, 7) is 0. The number of ether oxygens (including phenoxy) is 1. The van der Waals surface area contributed by atoms with Gasteiger partial charge in [0.2, 0.25) is 5.78 Å². The van der Waals surface area contributed by atoms with Gasteiger partial charge < -0.3 is 4.74 Å². The topological polar surface area (TPSA) is 26.3 Å². The van der Waals surface area contributed by atoms with E-state index in [2.05, 4.69) is 6.07 Å². The number of ketones is 1. The molecule has 0 atom stereocenters. The smallest absolute Gasteiger partial charge is 0.206 e. The molecule has 0 fully saturated rings. The Balaban J connectivity index is 1.97. The van der Waals surface area contributed by atoms with Crippen molar-refractivity contribution < 1.29 is 9.53 Å². The fourth-order valence-electron chi connectivity index (χ4n) is 2.57. The van der Waals surface area contributed by atoms with Crippen molar-refractivity contribution in [1.29, 1.82) is 0 Å². The summed E-state index contributed by atoms with van der Waals surface area (Å²) in [6, 6.07) is 9.51. The molecule has 0 unspecified atom stereocenters. The first kappa shape index (κ1) is 12.4. The zero-order valence-corrected chi connectivity index (χ0v) is 11.8. The summed E-state index contributed by atoms with van der Waals surface area (Å²) >= 11 is 1.65. The number of carbonyl (C=O) groups excluding carboxylic acids is 1. The molecule has 0 saturated carbocycles. The van der Waals surface area contributed by atoms with Crippen molar-refractivity contribution >= 4 is 17.1 Å². The van der Waals surface area contributed by atoms with Crippen LogP contribution >= 0.6 is 11.3 Å². The number of aryl methyl sites for hydroxylation is 2. The SMILES string of the molecule is COc1ccccc1C(=O)c1cc2c(s1)CCCC2. The van der Waals surface area contributed by atoms with Crippen LogP contribution in [0.1, 0.15) is 38.5 Å². The van der Waals surface area contributed by atoms with Gasteiger partial charge in [-0.05, 0) is 49.4 Å². The summed E-state index contributed by atoms with van der Waals surface area (Å²) in [5, 5.41) is 0. The predicted octanol–water partition coefficient (Wildman–Crippen LogP) is 3.87. The number of fused-ring (bicyclic) bond motifs is 1. The van der Waals surface area contributed by atoms with E-state index in [1.54, 1.807) is 18.4 Å². The summed E-state index contributed by atoms with van der Waals surface area (Å²) in [7, 11) is 1.60. The van der Waals surface area contributed by atoms with Crippen molar-refractivity contribution in [3.8, 4) is 5.75 Å². The molecule has 1 aromatic heterocycles. The van der Waals surface area contributed by atoms with E-state index in [0.29, 0.717) is 11.3 Å². The molecule has 98 valence electrons. The molecular weight excluding hydrogens is 256 g/mol. The van der Waals surface area contributed by atoms with Crippen LogP contribution in [0.2, 0.25) is 0 Å². The zero-order chi connectivity index (χ0) is 13.2. The van der Waals surface area contributed by atoms with E-state index in [4.69, 9.17) is 4.74 Å². The molecule has 0 N–H and O–H groups in total. The first-order valence-electron chi connectivity index (χ1n) is 6.59. The van der Waals surface area contributed by atoms with Gasteiger partial charge in [-0.15, -0.1) is 11.3 Å². The average Bonchev–Trinajstić information content (AvgIpc) is 2.90. The van der Waals surface area contributed by atoms with E-state index in [-0.39, 0.29) is 5.78 Å². The van der Waals surface area contributed by atoms with Gasteiger partial charge in [-0.1, -0.05) is 12.1 Å². The third kappa shape index (κ3) is 2.30. The van der Waals surface area contributed by atoms with E-state index in [1.165, 1.54) is 23.3 Å². The van der Waals surface area contributed by atoms with Gasteiger partial charge in [-0.2, -0.15) is 0 Å². The van der Waals surface area contributed by atoms with Crippen LogP contribution < -0.4 is 4.74 Å². The molecule has 19 heavy (non-hydrogen) atoms. The third-order valence-corrected chi connectivity index (χ3v) is 4.81. The number of rotatable bonds is 3. The second kappa shape index (κ2) is 5.17. The maximum Gasteiger partial charge on any atom is 0.206 e. The minimum absolute atomic E-state index is 0.0804. The van der Waals surface area contributed by atoms with Crippen LogP contribution in [0.5, 0.6) is 5.75 Å². The molecule has 0 aliphatic heterocycles. The molecule has 0 radical (unpaired) electrons. The van der Waals surface area contributed by atoms with Crippen molar-refractivity contribution in [3.63, 3.8) is 0 Å². The quantitative estimate of drug-likeness (QED) is 0.793. The highest BCUT2D eigenvalue weighted by atomic mass is 32.1. The molecule has 1 aliphatic carbocycles. The predicted molar refractivity (Wildman–Crippen MR) is 77.4 cm³/mol. The van der Waals surface area contributed by atoms with Gasteiger partial charge in [0.05, 0.1) is 17.6 Å². The Kier molecular flexibility index (Phi) is 3.38. The van der Waals surface area contributed by atoms with Crippen molar-refractivity contribution in [2.24, 2.45) is 0 Å². The van der Waals surface area contributed by atoms with Crippen LogP contribution in [0.25, 0.3) is 0 Å². The first-order valence-corrected chi connectivity index (χ1v) is 7.40. The molecule has 0 spiro atoms. The lowest BCUT2D eigenvalue weighted by Gasteiger charge is -2.08. The van der Waals surface area contributed by atoms with Gasteiger partial charge in [0.25, 0.3) is 0 Å². The van der Waals surface area contributed by atoms with Crippen LogP contribution in [0, 0.1) is 0 Å². The number of carbonyl (C=O) groups is 1. The van der Waals surface area contributed by atoms with E-state index in [0.717, 1.165) is 17.7 Å². The van der Waals surface area contributed by atoms with Crippen LogP contribution in [0.4, 0.5) is 0 Å². The second-order valence-electron chi connectivity index (χ2n) is 4.80. The molecule has 1 heterocycles. The van der Waals surface area contributed by atoms with Crippen molar-refractivity contribution in [2.45, 2.75) is 25.7 Å². The molecule has 1 aliphatic rings. The summed E-state index contributed by atoms with van der Waals surface area (Å²) in [4.78, 5) is 14.8. The molecule has 3 rings (SSSR count). The second-order valence-corrected chi connectivity index (χ2v) is 5.93. The Labute approximate surface area is 117 Å². The van der Waals surface area contributed by atoms with E-state index < -0.39 is 0 Å². The Morgan fingerprint density at radius 2 is 2.00 bits per heavy atom. The number of methoxy groups -OCH3 is 1. The molecule has 3 heteroatoms. The monoisotopic (exact) mass is 272 g/mol. The largest absolute Gasteiger partial charge is 0.496 e. The highest BCUT2D eigenvalue weighted by Crippen LogP contribution is 2.32. The highest BCUT2D eigenvalue weighted by molar-refractivity contribution is 7.14. The van der Waals surface area contributed by atoms with Crippen LogP contribution in [-0.4, -0.2) is 12.9 Å². The number of hydrogen-bond donors (Lipinski definition) is 0. The maximum atomic E-state index is 12.6. The van der Waals surface area contributed by atoms with Gasteiger partial charge in [0.1, 0.15) is 5.75 Å². The molecule has 0 amide bonds. The number of benzene rings is 1. The lowest BCUT2D eigenvalue weighted by atomic mass is 9.98. The van der Waals surface area contributed by atoms with Crippen molar-refractivity contribution in [1.82, 2.24) is 0 Å². The Bertz CT molecular complexity index is 589. The number of hydrogen-bond acceptors (Lipinski definition) is 3. The molecular formula is C16H16O2S. The van der Waals surface area contributed by atoms with Gasteiger partial charge in [0, 0.05) is 4.88 Å². The maximum absolute atomic E-state index is 12.6. The molecule has 2 aromatic rings. The number of thiophene rings is 1. The normalized spacial score (nSPS) is 13.9.